The van der Waals surface area contributed by atoms with Crippen molar-refractivity contribution in [2.45, 2.75) is 33.1 Å². The number of aromatic amines is 1. The summed E-state index contributed by atoms with van der Waals surface area (Å²) in [6.45, 7) is 8.26. The van der Waals surface area contributed by atoms with E-state index in [0.717, 1.165) is 58.1 Å². The van der Waals surface area contributed by atoms with E-state index in [2.05, 4.69) is 58.0 Å². The Morgan fingerprint density at radius 1 is 1.16 bits per heavy atom. The number of fused-ring (bicyclic) bond motifs is 1. The topological polar surface area (TPSA) is 61.4 Å². The molecule has 1 heterocycles. The van der Waals surface area contributed by atoms with Gasteiger partial charge in [0.2, 0.25) is 0 Å². The summed E-state index contributed by atoms with van der Waals surface area (Å²) in [5.74, 6) is 0.896. The van der Waals surface area contributed by atoms with Gasteiger partial charge < -0.3 is 20.4 Å². The van der Waals surface area contributed by atoms with Gasteiger partial charge in [-0.3, -0.25) is 4.99 Å². The van der Waals surface area contributed by atoms with Crippen LogP contribution in [0.2, 0.25) is 0 Å². The van der Waals surface area contributed by atoms with Crippen LogP contribution in [0.5, 0.6) is 0 Å². The summed E-state index contributed by atoms with van der Waals surface area (Å²) in [4.78, 5) is 7.98. The molecule has 5 nitrogen and oxygen atoms in total. The number of benzene rings is 1. The Morgan fingerprint density at radius 2 is 2.00 bits per heavy atom. The van der Waals surface area contributed by atoms with E-state index in [1.165, 1.54) is 16.5 Å². The van der Waals surface area contributed by atoms with Crippen LogP contribution in [-0.4, -0.2) is 43.8 Å². The molecule has 0 fully saturated rings. The average molecular weight is 458 g/mol. The largest absolute Gasteiger partial charge is 0.382 e. The maximum absolute atomic E-state index is 5.35. The van der Waals surface area contributed by atoms with Crippen LogP contribution >= 0.6 is 24.0 Å². The van der Waals surface area contributed by atoms with Gasteiger partial charge in [0.1, 0.15) is 0 Å². The number of hydrogen-bond donors (Lipinski definition) is 3. The first-order valence-electron chi connectivity index (χ1n) is 9.00. The molecule has 0 unspecified atom stereocenters. The van der Waals surface area contributed by atoms with Gasteiger partial charge in [0, 0.05) is 49.9 Å². The zero-order valence-corrected chi connectivity index (χ0v) is 17.6. The van der Waals surface area contributed by atoms with Crippen LogP contribution in [0.25, 0.3) is 10.9 Å². The van der Waals surface area contributed by atoms with Gasteiger partial charge in [-0.05, 0) is 44.7 Å². The summed E-state index contributed by atoms with van der Waals surface area (Å²) in [6, 6.07) is 8.45. The van der Waals surface area contributed by atoms with E-state index in [9.17, 15) is 0 Å². The fourth-order valence-electron chi connectivity index (χ4n) is 2.67. The van der Waals surface area contributed by atoms with Gasteiger partial charge in [-0.2, -0.15) is 0 Å². The first kappa shape index (κ1) is 21.8. The standard InChI is InChI=1S/C19H30N4O.HI/c1-3-20-19(22-13-8-14-24-4-2)21-12-7-9-16-15-23-18-11-6-5-10-17(16)18;/h5-6,10-11,15,23H,3-4,7-9,12-14H2,1-2H3,(H2,20,21,22);1H. The lowest BCUT2D eigenvalue weighted by Gasteiger charge is -2.11. The number of nitrogens with zero attached hydrogens (tertiary/aromatic N) is 1. The Bertz CT molecular complexity index is 627. The first-order chi connectivity index (χ1) is 11.8. The number of nitrogens with one attached hydrogen (secondary N) is 3. The number of aryl methyl sites for hydroxylation is 1. The molecule has 1 aromatic carbocycles. The number of H-pyrrole nitrogens is 1. The molecule has 0 aliphatic carbocycles. The summed E-state index contributed by atoms with van der Waals surface area (Å²) in [5.41, 5.74) is 2.58. The highest BCUT2D eigenvalue weighted by atomic mass is 127. The number of hydrogen-bond acceptors (Lipinski definition) is 2. The lowest BCUT2D eigenvalue weighted by Crippen LogP contribution is -2.38. The van der Waals surface area contributed by atoms with Crippen molar-refractivity contribution in [3.8, 4) is 0 Å². The van der Waals surface area contributed by atoms with Gasteiger partial charge >= 0.3 is 0 Å². The lowest BCUT2D eigenvalue weighted by atomic mass is 10.1. The van der Waals surface area contributed by atoms with Crippen molar-refractivity contribution in [2.24, 2.45) is 4.99 Å². The Hall–Kier alpha value is -1.28. The van der Waals surface area contributed by atoms with E-state index >= 15 is 0 Å². The van der Waals surface area contributed by atoms with Gasteiger partial charge in [0.05, 0.1) is 0 Å². The number of aromatic nitrogens is 1. The van der Waals surface area contributed by atoms with E-state index in [0.29, 0.717) is 0 Å². The molecule has 1 aromatic heterocycles. The minimum atomic E-state index is 0. The predicted molar refractivity (Wildman–Crippen MR) is 117 cm³/mol. The van der Waals surface area contributed by atoms with Crippen LogP contribution in [0.4, 0.5) is 0 Å². The van der Waals surface area contributed by atoms with Crippen molar-refractivity contribution in [2.75, 3.05) is 32.8 Å². The Balaban J connectivity index is 0.00000312. The average Bonchev–Trinajstić information content (AvgIpc) is 3.01. The monoisotopic (exact) mass is 458 g/mol. The summed E-state index contributed by atoms with van der Waals surface area (Å²) in [7, 11) is 0. The molecule has 25 heavy (non-hydrogen) atoms. The van der Waals surface area contributed by atoms with Crippen molar-refractivity contribution in [1.29, 1.82) is 0 Å². The minimum Gasteiger partial charge on any atom is -0.382 e. The second-order valence-electron chi connectivity index (χ2n) is 5.70. The number of aliphatic imine (C=N–C) groups is 1. The molecule has 0 saturated heterocycles. The second kappa shape index (κ2) is 13.0. The van der Waals surface area contributed by atoms with E-state index < -0.39 is 0 Å². The molecule has 0 aliphatic heterocycles. The Morgan fingerprint density at radius 3 is 2.80 bits per heavy atom. The molecule has 2 aromatic rings. The molecule has 0 aliphatic rings. The van der Waals surface area contributed by atoms with Gasteiger partial charge in [0.15, 0.2) is 5.96 Å². The molecule has 6 heteroatoms. The van der Waals surface area contributed by atoms with E-state index in [-0.39, 0.29) is 24.0 Å². The summed E-state index contributed by atoms with van der Waals surface area (Å²) >= 11 is 0. The molecular weight excluding hydrogens is 427 g/mol. The summed E-state index contributed by atoms with van der Waals surface area (Å²) in [6.07, 6.45) is 5.19. The second-order valence-corrected chi connectivity index (χ2v) is 5.70. The molecule has 0 amide bonds. The van der Waals surface area contributed by atoms with Crippen LogP contribution in [-0.2, 0) is 11.2 Å². The van der Waals surface area contributed by atoms with Crippen molar-refractivity contribution < 1.29 is 4.74 Å². The van der Waals surface area contributed by atoms with Crippen molar-refractivity contribution in [3.63, 3.8) is 0 Å². The Kier molecular flexibility index (Phi) is 11.3. The van der Waals surface area contributed by atoms with E-state index in [1.54, 1.807) is 0 Å². The highest BCUT2D eigenvalue weighted by molar-refractivity contribution is 14.0. The van der Waals surface area contributed by atoms with Gasteiger partial charge in [-0.15, -0.1) is 24.0 Å². The van der Waals surface area contributed by atoms with Crippen LogP contribution in [0.3, 0.4) is 0 Å². The van der Waals surface area contributed by atoms with E-state index in [1.807, 2.05) is 6.92 Å². The normalized spacial score (nSPS) is 11.4. The highest BCUT2D eigenvalue weighted by Gasteiger charge is 2.02. The van der Waals surface area contributed by atoms with Crippen molar-refractivity contribution in [3.05, 3.63) is 36.0 Å². The van der Waals surface area contributed by atoms with Crippen LogP contribution in [0.1, 0.15) is 32.3 Å². The molecule has 140 valence electrons. The van der Waals surface area contributed by atoms with Gasteiger partial charge in [0.25, 0.3) is 0 Å². The first-order valence-corrected chi connectivity index (χ1v) is 9.00. The SMILES string of the molecule is CCNC(=NCCCc1c[nH]c2ccccc12)NCCCOCC.I. The van der Waals surface area contributed by atoms with Crippen LogP contribution in [0, 0.1) is 0 Å². The van der Waals surface area contributed by atoms with Crippen molar-refractivity contribution >= 4 is 40.8 Å². The number of halogens is 1. The number of guanidine groups is 1. The zero-order chi connectivity index (χ0) is 17.0. The number of para-hydroxylation sites is 1. The van der Waals surface area contributed by atoms with E-state index in [4.69, 9.17) is 4.74 Å². The number of rotatable bonds is 10. The third-order valence-corrected chi connectivity index (χ3v) is 3.86. The fourth-order valence-corrected chi connectivity index (χ4v) is 2.67. The van der Waals surface area contributed by atoms with Crippen LogP contribution in [0.15, 0.2) is 35.5 Å². The highest BCUT2D eigenvalue weighted by Crippen LogP contribution is 2.18. The third kappa shape index (κ3) is 7.64. The predicted octanol–water partition coefficient (Wildman–Crippen LogP) is 3.70. The van der Waals surface area contributed by atoms with Gasteiger partial charge in [-0.25, -0.2) is 0 Å². The zero-order valence-electron chi connectivity index (χ0n) is 15.3. The molecule has 2 rings (SSSR count). The quantitative estimate of drug-likeness (QED) is 0.220. The number of ether oxygens (including phenoxy) is 1. The van der Waals surface area contributed by atoms with Crippen LogP contribution < -0.4 is 10.6 Å². The van der Waals surface area contributed by atoms with Crippen molar-refractivity contribution in [1.82, 2.24) is 15.6 Å². The maximum Gasteiger partial charge on any atom is 0.191 e. The molecule has 0 radical (unpaired) electrons. The smallest absolute Gasteiger partial charge is 0.191 e. The molecule has 0 saturated carbocycles. The summed E-state index contributed by atoms with van der Waals surface area (Å²) in [5, 5.41) is 7.97. The lowest BCUT2D eigenvalue weighted by molar-refractivity contribution is 0.145. The molecule has 0 bridgehead atoms. The molecular formula is C19H31IN4O. The third-order valence-electron chi connectivity index (χ3n) is 3.86. The molecule has 0 atom stereocenters. The Labute approximate surface area is 168 Å². The maximum atomic E-state index is 5.35. The molecule has 3 N–H and O–H groups in total. The van der Waals surface area contributed by atoms with Gasteiger partial charge in [-0.1, -0.05) is 18.2 Å². The minimum absolute atomic E-state index is 0. The fraction of sp³-hybridized carbons (Fsp3) is 0.526. The summed E-state index contributed by atoms with van der Waals surface area (Å²) < 4.78 is 5.35. The molecule has 0 spiro atoms.